The minimum Gasteiger partial charge on any atom is -0.382 e. The molecule has 1 saturated heterocycles. The molecule has 0 unspecified atom stereocenters. The molecule has 1 aromatic heterocycles. The first-order valence-corrected chi connectivity index (χ1v) is 9.93. The van der Waals surface area contributed by atoms with Gasteiger partial charge in [0.25, 0.3) is 5.91 Å². The van der Waals surface area contributed by atoms with Crippen LogP contribution in [0.4, 0.5) is 11.6 Å². The molecule has 0 aromatic carbocycles. The zero-order chi connectivity index (χ0) is 20.5. The number of rotatable bonds is 8. The van der Waals surface area contributed by atoms with Crippen LogP contribution in [0, 0.1) is 11.3 Å². The minimum absolute atomic E-state index is 0.0472. The summed E-state index contributed by atoms with van der Waals surface area (Å²) < 4.78 is 0. The van der Waals surface area contributed by atoms with Crippen LogP contribution in [-0.4, -0.2) is 59.5 Å². The summed E-state index contributed by atoms with van der Waals surface area (Å²) in [5, 5.41) is 13.0. The van der Waals surface area contributed by atoms with E-state index in [1.807, 2.05) is 0 Å². The van der Waals surface area contributed by atoms with Crippen molar-refractivity contribution in [1.82, 2.24) is 25.5 Å². The molecule has 0 radical (unpaired) electrons. The van der Waals surface area contributed by atoms with Crippen molar-refractivity contribution in [2.45, 2.75) is 32.1 Å². The van der Waals surface area contributed by atoms with Gasteiger partial charge < -0.3 is 27.4 Å². The molecule has 0 saturated carbocycles. The molecule has 1 amide bonds. The molecule has 1 fully saturated rings. The van der Waals surface area contributed by atoms with Crippen molar-refractivity contribution in [1.29, 1.82) is 5.41 Å². The van der Waals surface area contributed by atoms with Crippen LogP contribution in [0.15, 0.2) is 0 Å². The maximum absolute atomic E-state index is 12.1. The van der Waals surface area contributed by atoms with E-state index < -0.39 is 5.91 Å². The molecule has 2 rings (SSSR count). The topological polar surface area (TPSA) is 172 Å². The quantitative estimate of drug-likeness (QED) is 0.202. The molecule has 10 nitrogen and oxygen atoms in total. The first-order valence-electron chi connectivity index (χ1n) is 9.55. The van der Waals surface area contributed by atoms with Crippen LogP contribution >= 0.6 is 11.6 Å². The molecular formula is C17H30ClN9O. The van der Waals surface area contributed by atoms with Gasteiger partial charge in [-0.3, -0.25) is 15.5 Å². The number of hydrogen-bond donors (Lipinski definition) is 6. The number of nitrogens with one attached hydrogen (secondary N) is 3. The number of nitrogens with two attached hydrogens (primary N) is 3. The van der Waals surface area contributed by atoms with Crippen molar-refractivity contribution in [3.63, 3.8) is 0 Å². The number of aromatic nitrogens is 2. The van der Waals surface area contributed by atoms with Crippen molar-refractivity contribution in [3.05, 3.63) is 10.8 Å². The Bertz CT molecular complexity index is 677. The molecule has 2 heterocycles. The van der Waals surface area contributed by atoms with Gasteiger partial charge in [0.05, 0.1) is 0 Å². The Morgan fingerprint density at radius 1 is 1.21 bits per heavy atom. The number of amides is 1. The fraction of sp³-hybridized carbons (Fsp3) is 0.647. The van der Waals surface area contributed by atoms with E-state index in [0.29, 0.717) is 6.54 Å². The van der Waals surface area contributed by atoms with Gasteiger partial charge in [-0.15, -0.1) is 0 Å². The number of piperidine rings is 1. The Hall–Kier alpha value is -2.17. The second-order valence-electron chi connectivity index (χ2n) is 6.96. The van der Waals surface area contributed by atoms with Crippen LogP contribution in [0.1, 0.15) is 42.6 Å². The van der Waals surface area contributed by atoms with Crippen LogP contribution in [0.3, 0.4) is 0 Å². The van der Waals surface area contributed by atoms with Crippen molar-refractivity contribution in [3.8, 4) is 0 Å². The lowest BCUT2D eigenvalue weighted by atomic mass is 9.91. The number of carbonyl (C=O) groups excluding carboxylic acids is 1. The predicted octanol–water partition coefficient (Wildman–Crippen LogP) is 0.390. The number of unbranched alkanes of at least 4 members (excludes halogenated alkanes) is 1. The number of carbonyl (C=O) groups is 1. The van der Waals surface area contributed by atoms with E-state index >= 15 is 0 Å². The maximum atomic E-state index is 12.1. The fourth-order valence-corrected chi connectivity index (χ4v) is 3.41. The lowest BCUT2D eigenvalue weighted by Crippen LogP contribution is -2.41. The highest BCUT2D eigenvalue weighted by Gasteiger charge is 2.18. The minimum atomic E-state index is -0.659. The zero-order valence-corrected chi connectivity index (χ0v) is 16.8. The van der Waals surface area contributed by atoms with E-state index in [1.165, 1.54) is 19.3 Å². The van der Waals surface area contributed by atoms with Crippen LogP contribution in [0.2, 0.25) is 5.15 Å². The molecule has 156 valence electrons. The highest BCUT2D eigenvalue weighted by atomic mass is 35.5. The summed E-state index contributed by atoms with van der Waals surface area (Å²) in [6.07, 6.45) is 5.66. The molecule has 9 N–H and O–H groups in total. The van der Waals surface area contributed by atoms with Gasteiger partial charge in [-0.05, 0) is 38.3 Å². The average molecular weight is 412 g/mol. The second kappa shape index (κ2) is 11.0. The summed E-state index contributed by atoms with van der Waals surface area (Å²) in [7, 11) is 0. The summed E-state index contributed by atoms with van der Waals surface area (Å²) >= 11 is 5.76. The van der Waals surface area contributed by atoms with Crippen LogP contribution in [-0.2, 0) is 0 Å². The Labute approximate surface area is 170 Å². The Balaban J connectivity index is 1.61. The molecule has 1 aliphatic rings. The summed E-state index contributed by atoms with van der Waals surface area (Å²) in [5.74, 6) is -0.188. The number of likely N-dealkylation sites (tertiary alicyclic amines) is 1. The molecule has 0 atom stereocenters. The first-order chi connectivity index (χ1) is 13.4. The standard InChI is InChI=1S/C17H30ClN9O/c18-13-15(21)25-14(20)12(24-13)16(28)26-17(22)23-7-2-1-3-11-4-8-27(9-5-11)10-6-19/h11H,1-10,19H2,(H4,20,21,25)(H3,22,23,26,28). The highest BCUT2D eigenvalue weighted by molar-refractivity contribution is 6.31. The van der Waals surface area contributed by atoms with E-state index in [-0.39, 0.29) is 28.4 Å². The van der Waals surface area contributed by atoms with Gasteiger partial charge in [0.1, 0.15) is 0 Å². The summed E-state index contributed by atoms with van der Waals surface area (Å²) in [6.45, 7) is 4.60. The Kier molecular flexibility index (Phi) is 8.68. The lowest BCUT2D eigenvalue weighted by Gasteiger charge is -2.31. The van der Waals surface area contributed by atoms with Gasteiger partial charge in [-0.1, -0.05) is 24.4 Å². The van der Waals surface area contributed by atoms with Gasteiger partial charge in [-0.2, -0.15) is 0 Å². The van der Waals surface area contributed by atoms with E-state index in [9.17, 15) is 4.79 Å². The van der Waals surface area contributed by atoms with Crippen LogP contribution < -0.4 is 27.8 Å². The zero-order valence-electron chi connectivity index (χ0n) is 16.0. The third-order valence-electron chi connectivity index (χ3n) is 4.85. The number of hydrogen-bond acceptors (Lipinski definition) is 8. The number of nitrogen functional groups attached to an aromatic ring is 2. The van der Waals surface area contributed by atoms with Gasteiger partial charge >= 0.3 is 0 Å². The third kappa shape index (κ3) is 6.77. The Morgan fingerprint density at radius 2 is 1.93 bits per heavy atom. The molecule has 1 aliphatic heterocycles. The number of halogens is 1. The normalized spacial score (nSPS) is 15.4. The molecule has 1 aromatic rings. The highest BCUT2D eigenvalue weighted by Crippen LogP contribution is 2.22. The van der Waals surface area contributed by atoms with Crippen molar-refractivity contribution in [2.24, 2.45) is 11.7 Å². The predicted molar refractivity (Wildman–Crippen MR) is 111 cm³/mol. The largest absolute Gasteiger partial charge is 0.382 e. The third-order valence-corrected chi connectivity index (χ3v) is 5.13. The molecule has 11 heteroatoms. The van der Waals surface area contributed by atoms with Crippen LogP contribution in [0.25, 0.3) is 0 Å². The van der Waals surface area contributed by atoms with Crippen molar-refractivity contribution in [2.75, 3.05) is 44.2 Å². The summed E-state index contributed by atoms with van der Waals surface area (Å²) in [4.78, 5) is 22.1. The van der Waals surface area contributed by atoms with E-state index in [0.717, 1.165) is 44.9 Å². The monoisotopic (exact) mass is 411 g/mol. The Morgan fingerprint density at radius 3 is 2.61 bits per heavy atom. The number of anilines is 2. The van der Waals surface area contributed by atoms with Gasteiger partial charge in [0.2, 0.25) is 0 Å². The summed E-state index contributed by atoms with van der Waals surface area (Å²) in [5.41, 5.74) is 16.5. The maximum Gasteiger partial charge on any atom is 0.280 e. The molecule has 0 spiro atoms. The average Bonchev–Trinajstić information content (AvgIpc) is 2.66. The van der Waals surface area contributed by atoms with Gasteiger partial charge in [0, 0.05) is 19.6 Å². The lowest BCUT2D eigenvalue weighted by molar-refractivity contribution is 0.0971. The second-order valence-corrected chi connectivity index (χ2v) is 7.32. The van der Waals surface area contributed by atoms with Crippen molar-refractivity contribution >= 4 is 35.1 Å². The molecular weight excluding hydrogens is 382 g/mol. The van der Waals surface area contributed by atoms with E-state index in [4.69, 9.17) is 34.2 Å². The summed E-state index contributed by atoms with van der Waals surface area (Å²) in [6, 6.07) is 0. The van der Waals surface area contributed by atoms with Crippen molar-refractivity contribution < 1.29 is 4.79 Å². The number of guanidine groups is 1. The van der Waals surface area contributed by atoms with E-state index in [1.54, 1.807) is 0 Å². The van der Waals surface area contributed by atoms with Crippen LogP contribution in [0.5, 0.6) is 0 Å². The number of nitrogens with zero attached hydrogens (tertiary/aromatic N) is 3. The van der Waals surface area contributed by atoms with E-state index in [2.05, 4.69) is 25.5 Å². The fourth-order valence-electron chi connectivity index (χ4n) is 3.28. The SMILES string of the molecule is N=C(NCCCCC1CCN(CCN)CC1)NC(=O)c1nc(Cl)c(N)nc1N. The molecule has 0 aliphatic carbocycles. The van der Waals surface area contributed by atoms with Gasteiger partial charge in [0.15, 0.2) is 28.4 Å². The van der Waals surface area contributed by atoms with Gasteiger partial charge in [-0.25, -0.2) is 9.97 Å². The smallest absolute Gasteiger partial charge is 0.280 e. The molecule has 0 bridgehead atoms. The molecule has 28 heavy (non-hydrogen) atoms. The first kappa shape index (κ1) is 22.1.